The van der Waals surface area contributed by atoms with E-state index >= 15 is 0 Å². The number of carbonyl (C=O) groups excluding carboxylic acids is 1. The first-order valence-corrected chi connectivity index (χ1v) is 10.1. The van der Waals surface area contributed by atoms with Gasteiger partial charge in [0.1, 0.15) is 0 Å². The number of nitrogens with zero attached hydrogens (tertiary/aromatic N) is 1. The van der Waals surface area contributed by atoms with Crippen molar-refractivity contribution in [2.75, 3.05) is 14.2 Å². The zero-order valence-corrected chi connectivity index (χ0v) is 16.7. The van der Waals surface area contributed by atoms with E-state index in [4.69, 9.17) is 9.47 Å². The van der Waals surface area contributed by atoms with Gasteiger partial charge in [-0.2, -0.15) is 4.31 Å². The highest BCUT2D eigenvalue weighted by Gasteiger charge is 2.34. The maximum atomic E-state index is 13.2. The molecule has 6 nitrogen and oxygen atoms in total. The second-order valence-corrected chi connectivity index (χ2v) is 8.55. The number of ketones is 1. The average molecular weight is 389 g/mol. The maximum Gasteiger partial charge on any atom is 0.243 e. The Morgan fingerprint density at radius 3 is 2.30 bits per heavy atom. The molecular formula is C20H23NO5S. The van der Waals surface area contributed by atoms with Gasteiger partial charge < -0.3 is 9.47 Å². The molecule has 2 aromatic carbocycles. The Labute approximate surface area is 159 Å². The van der Waals surface area contributed by atoms with E-state index < -0.39 is 10.0 Å². The molecule has 1 aliphatic rings. The van der Waals surface area contributed by atoms with Gasteiger partial charge in [0.2, 0.25) is 10.0 Å². The molecule has 3 rings (SSSR count). The summed E-state index contributed by atoms with van der Waals surface area (Å²) >= 11 is 0. The van der Waals surface area contributed by atoms with Crippen molar-refractivity contribution in [3.05, 3.63) is 53.1 Å². The molecule has 1 heterocycles. The molecule has 0 saturated carbocycles. The Morgan fingerprint density at radius 1 is 1.07 bits per heavy atom. The van der Waals surface area contributed by atoms with Crippen LogP contribution < -0.4 is 9.47 Å². The topological polar surface area (TPSA) is 72.9 Å². The molecule has 1 atom stereocenters. The van der Waals surface area contributed by atoms with E-state index in [1.807, 2.05) is 19.1 Å². The fourth-order valence-electron chi connectivity index (χ4n) is 3.38. The Balaban J connectivity index is 2.01. The van der Waals surface area contributed by atoms with Crippen molar-refractivity contribution in [3.8, 4) is 11.5 Å². The number of sulfonamides is 1. The summed E-state index contributed by atoms with van der Waals surface area (Å²) in [5, 5.41) is 0. The van der Waals surface area contributed by atoms with Crippen LogP contribution in [0.4, 0.5) is 0 Å². The lowest BCUT2D eigenvalue weighted by Gasteiger charge is -2.34. The van der Waals surface area contributed by atoms with Gasteiger partial charge in [0.05, 0.1) is 19.1 Å². The van der Waals surface area contributed by atoms with Crippen molar-refractivity contribution in [3.63, 3.8) is 0 Å². The summed E-state index contributed by atoms with van der Waals surface area (Å²) in [5.41, 5.74) is 2.31. The molecule has 0 bridgehead atoms. The van der Waals surface area contributed by atoms with Gasteiger partial charge in [-0.1, -0.05) is 12.1 Å². The fraction of sp³-hybridized carbons (Fsp3) is 0.350. The molecule has 0 amide bonds. The number of ether oxygens (including phenoxy) is 2. The number of fused-ring (bicyclic) bond motifs is 1. The minimum atomic E-state index is -3.74. The molecule has 0 saturated heterocycles. The van der Waals surface area contributed by atoms with Crippen LogP contribution in [0.25, 0.3) is 0 Å². The summed E-state index contributed by atoms with van der Waals surface area (Å²) in [7, 11) is -0.604. The van der Waals surface area contributed by atoms with Crippen LogP contribution in [0.5, 0.6) is 11.5 Å². The van der Waals surface area contributed by atoms with Gasteiger partial charge in [0.15, 0.2) is 17.3 Å². The van der Waals surface area contributed by atoms with Gasteiger partial charge in [-0.25, -0.2) is 8.42 Å². The van der Waals surface area contributed by atoms with Crippen molar-refractivity contribution in [1.29, 1.82) is 0 Å². The highest BCUT2D eigenvalue weighted by molar-refractivity contribution is 7.89. The first-order chi connectivity index (χ1) is 12.8. The number of rotatable bonds is 5. The van der Waals surface area contributed by atoms with E-state index in [9.17, 15) is 13.2 Å². The highest BCUT2D eigenvalue weighted by Crippen LogP contribution is 2.36. The van der Waals surface area contributed by atoms with E-state index in [-0.39, 0.29) is 23.3 Å². The molecule has 27 heavy (non-hydrogen) atoms. The molecule has 0 N–H and O–H groups in total. The Kier molecular flexibility index (Phi) is 5.26. The third-order valence-corrected chi connectivity index (χ3v) is 6.84. The SMILES string of the molecule is COc1cc2c(cc1OC)CN(S(=O)(=O)c1cccc(C(C)=O)c1)C(C)C2. The van der Waals surface area contributed by atoms with Gasteiger partial charge >= 0.3 is 0 Å². The summed E-state index contributed by atoms with van der Waals surface area (Å²) in [6, 6.07) is 9.70. The van der Waals surface area contributed by atoms with Gasteiger partial charge in [0.25, 0.3) is 0 Å². The molecule has 0 fully saturated rings. The third-order valence-electron chi connectivity index (χ3n) is 4.89. The van der Waals surface area contributed by atoms with Crippen molar-refractivity contribution in [2.45, 2.75) is 37.8 Å². The zero-order chi connectivity index (χ0) is 19.8. The van der Waals surface area contributed by atoms with E-state index in [2.05, 4.69) is 0 Å². The molecule has 0 aliphatic carbocycles. The Bertz CT molecular complexity index is 984. The molecule has 0 radical (unpaired) electrons. The number of benzene rings is 2. The van der Waals surface area contributed by atoms with Gasteiger partial charge in [-0.3, -0.25) is 4.79 Å². The highest BCUT2D eigenvalue weighted by atomic mass is 32.2. The van der Waals surface area contributed by atoms with Gasteiger partial charge in [0, 0.05) is 18.2 Å². The molecule has 7 heteroatoms. The molecule has 1 unspecified atom stereocenters. The first kappa shape index (κ1) is 19.4. The standard InChI is InChI=1S/C20H23NO5S/c1-13-8-16-10-19(25-3)20(26-4)11-17(16)12-21(13)27(23,24)18-7-5-6-15(9-18)14(2)22/h5-7,9-11,13H,8,12H2,1-4H3. The maximum absolute atomic E-state index is 13.2. The second-order valence-electron chi connectivity index (χ2n) is 6.66. The molecule has 1 aliphatic heterocycles. The smallest absolute Gasteiger partial charge is 0.243 e. The first-order valence-electron chi connectivity index (χ1n) is 8.64. The molecule has 2 aromatic rings. The predicted molar refractivity (Wildman–Crippen MR) is 102 cm³/mol. The van der Waals surface area contributed by atoms with Crippen LogP contribution in [0, 0.1) is 0 Å². The number of Topliss-reactive ketones (excluding diaryl/α,β-unsaturated/α-hetero) is 1. The van der Waals surface area contributed by atoms with Crippen LogP contribution in [0.1, 0.15) is 35.3 Å². The van der Waals surface area contributed by atoms with E-state index in [1.165, 1.54) is 23.4 Å². The van der Waals surface area contributed by atoms with Crippen LogP contribution in [0.15, 0.2) is 41.3 Å². The summed E-state index contributed by atoms with van der Waals surface area (Å²) in [5.74, 6) is 1.04. The van der Waals surface area contributed by atoms with E-state index in [0.29, 0.717) is 23.5 Å². The van der Waals surface area contributed by atoms with E-state index in [1.54, 1.807) is 26.4 Å². The summed E-state index contributed by atoms with van der Waals surface area (Å²) in [6.07, 6.45) is 0.571. The lowest BCUT2D eigenvalue weighted by Crippen LogP contribution is -2.42. The quantitative estimate of drug-likeness (QED) is 0.735. The molecule has 144 valence electrons. The van der Waals surface area contributed by atoms with Crippen molar-refractivity contribution in [1.82, 2.24) is 4.31 Å². The summed E-state index contributed by atoms with van der Waals surface area (Å²) in [4.78, 5) is 11.8. The van der Waals surface area contributed by atoms with Crippen molar-refractivity contribution >= 4 is 15.8 Å². The van der Waals surface area contributed by atoms with Gasteiger partial charge in [-0.15, -0.1) is 0 Å². The van der Waals surface area contributed by atoms with Crippen molar-refractivity contribution < 1.29 is 22.7 Å². The zero-order valence-electron chi connectivity index (χ0n) is 15.9. The van der Waals surface area contributed by atoms with E-state index in [0.717, 1.165) is 11.1 Å². The lowest BCUT2D eigenvalue weighted by atomic mass is 9.96. The number of hydrogen-bond donors (Lipinski definition) is 0. The Morgan fingerprint density at radius 2 is 1.70 bits per heavy atom. The number of methoxy groups -OCH3 is 2. The lowest BCUT2D eigenvalue weighted by molar-refractivity contribution is 0.101. The fourth-order valence-corrected chi connectivity index (χ4v) is 5.03. The number of carbonyl (C=O) groups is 1. The van der Waals surface area contributed by atoms with Crippen LogP contribution in [0.2, 0.25) is 0 Å². The second kappa shape index (κ2) is 7.32. The largest absolute Gasteiger partial charge is 0.493 e. The van der Waals surface area contributed by atoms with Crippen LogP contribution in [0.3, 0.4) is 0 Å². The summed E-state index contributed by atoms with van der Waals surface area (Å²) < 4.78 is 38.6. The molecule has 0 spiro atoms. The average Bonchev–Trinajstić information content (AvgIpc) is 2.66. The minimum absolute atomic E-state index is 0.131. The Hall–Kier alpha value is -2.38. The molecule has 0 aromatic heterocycles. The number of hydrogen-bond acceptors (Lipinski definition) is 5. The van der Waals surface area contributed by atoms with Crippen molar-refractivity contribution in [2.24, 2.45) is 0 Å². The monoisotopic (exact) mass is 389 g/mol. The minimum Gasteiger partial charge on any atom is -0.493 e. The molecular weight excluding hydrogens is 366 g/mol. The predicted octanol–water partition coefficient (Wildman–Crippen LogP) is 3.04. The van der Waals surface area contributed by atoms with Crippen LogP contribution in [-0.2, 0) is 23.0 Å². The summed E-state index contributed by atoms with van der Waals surface area (Å²) in [6.45, 7) is 3.54. The van der Waals surface area contributed by atoms with Crippen LogP contribution >= 0.6 is 0 Å². The third kappa shape index (κ3) is 3.57. The van der Waals surface area contributed by atoms with Crippen LogP contribution in [-0.4, -0.2) is 38.8 Å². The van der Waals surface area contributed by atoms with Gasteiger partial charge in [-0.05, 0) is 55.7 Å². The normalized spacial score (nSPS) is 17.3.